The normalized spacial score (nSPS) is 18.6. The number of aromatic nitrogens is 2. The van der Waals surface area contributed by atoms with E-state index in [4.69, 9.17) is 4.74 Å². The highest BCUT2D eigenvalue weighted by Crippen LogP contribution is 2.42. The van der Waals surface area contributed by atoms with Crippen LogP contribution in [0.5, 0.6) is 0 Å². The Bertz CT molecular complexity index is 1160. The zero-order valence-electron chi connectivity index (χ0n) is 19.4. The number of piperidine rings is 1. The van der Waals surface area contributed by atoms with Gasteiger partial charge in [0.2, 0.25) is 5.91 Å². The molecule has 0 spiro atoms. The molecule has 1 atom stereocenters. The highest BCUT2D eigenvalue weighted by atomic mass is 16.6. The number of carbonyl (C=O) groups excluding carboxylic acids is 2. The molecule has 3 amide bonds. The summed E-state index contributed by atoms with van der Waals surface area (Å²) in [6.07, 6.45) is -1.98. The molecule has 1 fully saturated rings. The third-order valence-electron chi connectivity index (χ3n) is 6.46. The van der Waals surface area contributed by atoms with Crippen LogP contribution >= 0.6 is 0 Å². The molecule has 0 saturated carbocycles. The number of benzene rings is 1. The second kappa shape index (κ2) is 9.28. The largest absolute Gasteiger partial charge is 0.465 e. The highest BCUT2D eigenvalue weighted by molar-refractivity contribution is 5.93. The first-order valence-corrected chi connectivity index (χ1v) is 11.2. The number of amides is 3. The first kappa shape index (κ1) is 24.0. The molecule has 3 N–H and O–H groups in total. The Balaban J connectivity index is 1.45. The van der Waals surface area contributed by atoms with Crippen LogP contribution in [0, 0.1) is 5.92 Å². The van der Waals surface area contributed by atoms with Crippen LogP contribution in [-0.2, 0) is 28.2 Å². The van der Waals surface area contributed by atoms with E-state index in [9.17, 15) is 29.4 Å². The Morgan fingerprint density at radius 3 is 2.51 bits per heavy atom. The lowest BCUT2D eigenvalue weighted by Crippen LogP contribution is -2.44. The van der Waals surface area contributed by atoms with E-state index in [0.717, 1.165) is 10.5 Å². The van der Waals surface area contributed by atoms with Crippen LogP contribution in [0.15, 0.2) is 30.3 Å². The lowest BCUT2D eigenvalue weighted by atomic mass is 9.97. The molecule has 186 valence electrons. The average molecular weight is 485 g/mol. The van der Waals surface area contributed by atoms with Crippen molar-refractivity contribution in [2.24, 2.45) is 5.92 Å². The van der Waals surface area contributed by atoms with E-state index in [2.05, 4.69) is 10.4 Å². The molecule has 0 radical (unpaired) electrons. The number of nitrogens with zero attached hydrogens (tertiary/aromatic N) is 4. The molecule has 0 unspecified atom stereocenters. The van der Waals surface area contributed by atoms with Crippen LogP contribution in [0.4, 0.5) is 20.2 Å². The van der Waals surface area contributed by atoms with E-state index in [1.54, 1.807) is 13.8 Å². The van der Waals surface area contributed by atoms with E-state index in [1.807, 2.05) is 30.3 Å². The van der Waals surface area contributed by atoms with Gasteiger partial charge in [-0.2, -0.15) is 4.68 Å². The number of carbonyl (C=O) groups is 4. The van der Waals surface area contributed by atoms with E-state index in [0.29, 0.717) is 29.6 Å². The van der Waals surface area contributed by atoms with Crippen LogP contribution in [0.1, 0.15) is 43.5 Å². The molecule has 2 aliphatic heterocycles. The lowest BCUT2D eigenvalue weighted by Gasteiger charge is -2.31. The van der Waals surface area contributed by atoms with Crippen LogP contribution in [0.3, 0.4) is 0 Å². The zero-order chi connectivity index (χ0) is 25.3. The van der Waals surface area contributed by atoms with E-state index < -0.39 is 35.6 Å². The van der Waals surface area contributed by atoms with Gasteiger partial charge in [-0.3, -0.25) is 9.69 Å². The van der Waals surface area contributed by atoms with Gasteiger partial charge < -0.3 is 25.2 Å². The van der Waals surface area contributed by atoms with Crippen LogP contribution in [0.25, 0.3) is 0 Å². The van der Waals surface area contributed by atoms with Crippen molar-refractivity contribution >= 4 is 30.0 Å². The summed E-state index contributed by atoms with van der Waals surface area (Å²) in [6, 6.07) is 9.27. The van der Waals surface area contributed by atoms with Gasteiger partial charge in [0.05, 0.1) is 23.7 Å². The van der Waals surface area contributed by atoms with Crippen molar-refractivity contribution in [1.82, 2.24) is 19.6 Å². The second-order valence-electron chi connectivity index (χ2n) is 9.11. The fourth-order valence-corrected chi connectivity index (χ4v) is 4.64. The predicted octanol–water partition coefficient (Wildman–Crippen LogP) is 3.13. The van der Waals surface area contributed by atoms with Crippen molar-refractivity contribution in [3.05, 3.63) is 47.2 Å². The Hall–Kier alpha value is -4.09. The molecule has 1 aromatic heterocycles. The fraction of sp³-hybridized carbons (Fsp3) is 0.435. The molecule has 12 nitrogen and oxygen atoms in total. The predicted molar refractivity (Wildman–Crippen MR) is 122 cm³/mol. The van der Waals surface area contributed by atoms with Gasteiger partial charge in [-0.25, -0.2) is 14.4 Å². The summed E-state index contributed by atoms with van der Waals surface area (Å²) >= 11 is 0. The Morgan fingerprint density at radius 1 is 1.14 bits per heavy atom. The van der Waals surface area contributed by atoms with Crippen molar-refractivity contribution in [3.8, 4) is 0 Å². The Labute approximate surface area is 201 Å². The molecular weight excluding hydrogens is 458 g/mol. The molecule has 3 heterocycles. The molecule has 2 aliphatic rings. The first-order valence-electron chi connectivity index (χ1n) is 11.2. The first-order chi connectivity index (χ1) is 16.6. The van der Waals surface area contributed by atoms with E-state index >= 15 is 0 Å². The van der Waals surface area contributed by atoms with E-state index in [1.165, 1.54) is 4.90 Å². The summed E-state index contributed by atoms with van der Waals surface area (Å²) in [7, 11) is 0. The number of hydrogen-bond donors (Lipinski definition) is 3. The maximum absolute atomic E-state index is 13.1. The number of nitrogens with one attached hydrogen (secondary N) is 1. The zero-order valence-corrected chi connectivity index (χ0v) is 19.4. The summed E-state index contributed by atoms with van der Waals surface area (Å²) in [6.45, 7) is 3.79. The van der Waals surface area contributed by atoms with Gasteiger partial charge in [0.25, 0.3) is 0 Å². The van der Waals surface area contributed by atoms with Gasteiger partial charge in [0.1, 0.15) is 6.61 Å². The molecule has 0 bridgehead atoms. The van der Waals surface area contributed by atoms with Gasteiger partial charge >= 0.3 is 18.3 Å². The molecule has 1 saturated heterocycles. The van der Waals surface area contributed by atoms with Crippen molar-refractivity contribution < 1.29 is 34.1 Å². The standard InChI is InChI=1S/C23H27N5O7/c1-23(2)17-16(12-27(23)20(30)31)18(25-28(17)21(32)33)24-19(29)15-9-6-10-26(11-15)22(34)35-13-14-7-4-3-5-8-14/h3-5,7-8,15H,6,9-13H2,1-2H3,(H,30,31)(H,32,33)(H,24,25,29)/t15-/m1/s1. The Morgan fingerprint density at radius 2 is 1.86 bits per heavy atom. The Kier molecular flexibility index (Phi) is 6.37. The van der Waals surface area contributed by atoms with Gasteiger partial charge in [0, 0.05) is 18.7 Å². The molecule has 35 heavy (non-hydrogen) atoms. The lowest BCUT2D eigenvalue weighted by molar-refractivity contribution is -0.121. The fourth-order valence-electron chi connectivity index (χ4n) is 4.64. The van der Waals surface area contributed by atoms with Crippen molar-refractivity contribution in [1.29, 1.82) is 0 Å². The monoisotopic (exact) mass is 485 g/mol. The van der Waals surface area contributed by atoms with Gasteiger partial charge in [0.15, 0.2) is 5.82 Å². The van der Waals surface area contributed by atoms with Crippen LogP contribution < -0.4 is 5.32 Å². The maximum atomic E-state index is 13.1. The minimum Gasteiger partial charge on any atom is -0.465 e. The topological polar surface area (TPSA) is 154 Å². The van der Waals surface area contributed by atoms with Gasteiger partial charge in [-0.1, -0.05) is 30.3 Å². The van der Waals surface area contributed by atoms with Gasteiger partial charge in [-0.15, -0.1) is 5.10 Å². The summed E-state index contributed by atoms with van der Waals surface area (Å²) in [4.78, 5) is 51.6. The summed E-state index contributed by atoms with van der Waals surface area (Å²) in [5.74, 6) is -0.966. The number of rotatable bonds is 4. The SMILES string of the molecule is CC1(C)c2c(c(NC(=O)[C@@H]3CCCN(C(=O)OCc4ccccc4)C3)nn2C(=O)O)CN1C(=O)O. The summed E-state index contributed by atoms with van der Waals surface area (Å²) in [5, 5.41) is 25.9. The van der Waals surface area contributed by atoms with Crippen molar-refractivity contribution in [2.75, 3.05) is 18.4 Å². The van der Waals surface area contributed by atoms with Gasteiger partial charge in [-0.05, 0) is 32.3 Å². The number of anilines is 1. The summed E-state index contributed by atoms with van der Waals surface area (Å²) < 4.78 is 6.08. The highest BCUT2D eigenvalue weighted by Gasteiger charge is 2.47. The molecule has 2 aromatic rings. The number of carboxylic acid groups (broad SMARTS) is 2. The number of fused-ring (bicyclic) bond motifs is 1. The number of likely N-dealkylation sites (tertiary alicyclic amines) is 1. The van der Waals surface area contributed by atoms with Crippen molar-refractivity contribution in [3.63, 3.8) is 0 Å². The molecular formula is C23H27N5O7. The maximum Gasteiger partial charge on any atom is 0.432 e. The number of ether oxygens (including phenoxy) is 1. The van der Waals surface area contributed by atoms with Crippen molar-refractivity contribution in [2.45, 2.75) is 45.4 Å². The van der Waals surface area contributed by atoms with Crippen LogP contribution in [0.2, 0.25) is 0 Å². The van der Waals surface area contributed by atoms with Crippen LogP contribution in [-0.4, -0.2) is 67.1 Å². The summed E-state index contributed by atoms with van der Waals surface area (Å²) in [5.41, 5.74) is 0.230. The third-order valence-corrected chi connectivity index (χ3v) is 6.46. The van der Waals surface area contributed by atoms with E-state index in [-0.39, 0.29) is 31.2 Å². The molecule has 1 aromatic carbocycles. The third kappa shape index (κ3) is 4.63. The molecule has 12 heteroatoms. The molecule has 0 aliphatic carbocycles. The minimum absolute atomic E-state index is 0.00741. The quantitative estimate of drug-likeness (QED) is 0.597. The second-order valence-corrected chi connectivity index (χ2v) is 9.11. The molecule has 4 rings (SSSR count). The average Bonchev–Trinajstić information content (AvgIpc) is 3.33. The smallest absolute Gasteiger partial charge is 0.432 e. The minimum atomic E-state index is -1.38. The number of hydrogen-bond acceptors (Lipinski definition) is 6.